The molecule has 3 rings (SSSR count). The monoisotopic (exact) mass is 379 g/mol. The van der Waals surface area contributed by atoms with Gasteiger partial charge in [-0.1, -0.05) is 0 Å². The molecule has 1 aliphatic rings. The summed E-state index contributed by atoms with van der Waals surface area (Å²) in [4.78, 5) is 14.3. The summed E-state index contributed by atoms with van der Waals surface area (Å²) in [5.41, 5.74) is 0.240. The van der Waals surface area contributed by atoms with Crippen LogP contribution in [0.15, 0.2) is 35.2 Å². The summed E-state index contributed by atoms with van der Waals surface area (Å²) >= 11 is 0. The molecule has 0 spiro atoms. The first-order valence-corrected chi connectivity index (χ1v) is 9.44. The first-order valence-electron chi connectivity index (χ1n) is 7.96. The van der Waals surface area contributed by atoms with Crippen LogP contribution in [0.25, 0.3) is 0 Å². The van der Waals surface area contributed by atoms with Crippen molar-refractivity contribution in [1.29, 1.82) is 0 Å². The number of nitrogens with zero attached hydrogens (tertiary/aromatic N) is 4. The van der Waals surface area contributed by atoms with Gasteiger partial charge < -0.3 is 9.80 Å². The van der Waals surface area contributed by atoms with E-state index < -0.39 is 15.8 Å². The van der Waals surface area contributed by atoms with Gasteiger partial charge in [-0.05, 0) is 42.8 Å². The third kappa shape index (κ3) is 3.90. The first-order chi connectivity index (χ1) is 12.4. The number of aromatic nitrogens is 2. The van der Waals surface area contributed by atoms with E-state index in [1.165, 1.54) is 25.1 Å². The lowest BCUT2D eigenvalue weighted by Crippen LogP contribution is -2.46. The van der Waals surface area contributed by atoms with E-state index in [0.29, 0.717) is 32.0 Å². The lowest BCUT2D eigenvalue weighted by molar-refractivity contribution is -0.118. The van der Waals surface area contributed by atoms with Crippen LogP contribution >= 0.6 is 0 Å². The van der Waals surface area contributed by atoms with Gasteiger partial charge in [0.15, 0.2) is 11.6 Å². The Hall–Kier alpha value is -2.75. The van der Waals surface area contributed by atoms with Gasteiger partial charge in [0, 0.05) is 26.2 Å². The normalized spacial score (nSPS) is 15.0. The van der Waals surface area contributed by atoms with Crippen LogP contribution in [0.1, 0.15) is 5.56 Å². The van der Waals surface area contributed by atoms with Gasteiger partial charge >= 0.3 is 0 Å². The van der Waals surface area contributed by atoms with E-state index >= 15 is 0 Å². The smallest absolute Gasteiger partial charge is 0.263 e. The molecule has 26 heavy (non-hydrogen) atoms. The molecule has 138 valence electrons. The fraction of sp³-hybridized carbons (Fsp3) is 0.312. The number of rotatable bonds is 5. The van der Waals surface area contributed by atoms with Crippen LogP contribution in [0.5, 0.6) is 0 Å². The number of aryl methyl sites for hydroxylation is 1. The highest BCUT2D eigenvalue weighted by Crippen LogP contribution is 2.19. The number of amides is 1. The zero-order chi connectivity index (χ0) is 18.7. The number of carbonyl (C=O) groups is 1. The standard InChI is InChI=1S/C16H18FN5O3S/c1-12-10-13(2-3-14(12)17)26(24,25)20-15-4-5-16(19-18-15)22-8-6-21(11-23)7-9-22/h2-5,10-11H,6-9H2,1H3,(H,18,20). The molecule has 1 saturated heterocycles. The highest BCUT2D eigenvalue weighted by atomic mass is 32.2. The Bertz CT molecular complexity index is 897. The molecule has 1 N–H and O–H groups in total. The fourth-order valence-electron chi connectivity index (χ4n) is 2.59. The molecule has 2 heterocycles. The Kier molecular flexibility index (Phi) is 5.03. The van der Waals surface area contributed by atoms with Crippen LogP contribution < -0.4 is 9.62 Å². The van der Waals surface area contributed by atoms with Crippen LogP contribution in [0.3, 0.4) is 0 Å². The Labute approximate surface area is 150 Å². The SMILES string of the molecule is Cc1cc(S(=O)(=O)Nc2ccc(N3CCN(C=O)CC3)nn2)ccc1F. The quantitative estimate of drug-likeness (QED) is 0.779. The Morgan fingerprint density at radius 3 is 2.42 bits per heavy atom. The summed E-state index contributed by atoms with van der Waals surface area (Å²) in [6.45, 7) is 3.96. The van der Waals surface area contributed by atoms with Crippen molar-refractivity contribution in [3.63, 3.8) is 0 Å². The average molecular weight is 379 g/mol. The molecule has 1 amide bonds. The van der Waals surface area contributed by atoms with Crippen LogP contribution in [0.4, 0.5) is 16.0 Å². The molecule has 2 aromatic rings. The highest BCUT2D eigenvalue weighted by molar-refractivity contribution is 7.92. The van der Waals surface area contributed by atoms with Crippen molar-refractivity contribution >= 4 is 28.1 Å². The number of benzene rings is 1. The molecule has 0 atom stereocenters. The maximum Gasteiger partial charge on any atom is 0.263 e. The van der Waals surface area contributed by atoms with Crippen molar-refractivity contribution < 1.29 is 17.6 Å². The Balaban J connectivity index is 1.70. The minimum absolute atomic E-state index is 0.0488. The topological polar surface area (TPSA) is 95.5 Å². The molecule has 0 bridgehead atoms. The van der Waals surface area contributed by atoms with Gasteiger partial charge in [-0.3, -0.25) is 9.52 Å². The lowest BCUT2D eigenvalue weighted by atomic mass is 10.2. The molecule has 0 saturated carbocycles. The number of hydrogen-bond donors (Lipinski definition) is 1. The van der Waals surface area contributed by atoms with Crippen LogP contribution in [-0.4, -0.2) is 56.1 Å². The van der Waals surface area contributed by atoms with Gasteiger partial charge in [-0.25, -0.2) is 12.8 Å². The van der Waals surface area contributed by atoms with E-state index in [0.717, 1.165) is 12.5 Å². The highest BCUT2D eigenvalue weighted by Gasteiger charge is 2.19. The zero-order valence-corrected chi connectivity index (χ0v) is 14.9. The zero-order valence-electron chi connectivity index (χ0n) is 14.1. The third-order valence-corrected chi connectivity index (χ3v) is 5.47. The van der Waals surface area contributed by atoms with Gasteiger partial charge in [0.05, 0.1) is 4.90 Å². The number of nitrogens with one attached hydrogen (secondary N) is 1. The number of sulfonamides is 1. The van der Waals surface area contributed by atoms with Crippen LogP contribution in [0, 0.1) is 12.7 Å². The molecule has 1 fully saturated rings. The second-order valence-electron chi connectivity index (χ2n) is 5.92. The average Bonchev–Trinajstić information content (AvgIpc) is 2.64. The van der Waals surface area contributed by atoms with Gasteiger partial charge in [-0.2, -0.15) is 0 Å². The maximum atomic E-state index is 13.3. The third-order valence-electron chi connectivity index (χ3n) is 4.12. The van der Waals surface area contributed by atoms with E-state index in [-0.39, 0.29) is 16.3 Å². The number of hydrogen-bond acceptors (Lipinski definition) is 6. The van der Waals surface area contributed by atoms with Gasteiger partial charge in [0.25, 0.3) is 10.0 Å². The summed E-state index contributed by atoms with van der Waals surface area (Å²) in [5.74, 6) is 0.209. The van der Waals surface area contributed by atoms with Crippen molar-refractivity contribution in [1.82, 2.24) is 15.1 Å². The molecule has 0 aliphatic carbocycles. The van der Waals surface area contributed by atoms with Crippen LogP contribution in [-0.2, 0) is 14.8 Å². The lowest BCUT2D eigenvalue weighted by Gasteiger charge is -2.32. The fourth-order valence-corrected chi connectivity index (χ4v) is 3.67. The second kappa shape index (κ2) is 7.24. The van der Waals surface area contributed by atoms with Crippen molar-refractivity contribution in [3.05, 3.63) is 41.7 Å². The molecule has 10 heteroatoms. The summed E-state index contributed by atoms with van der Waals surface area (Å²) in [6.07, 6.45) is 0.818. The van der Waals surface area contributed by atoms with E-state index in [1.54, 1.807) is 11.0 Å². The van der Waals surface area contributed by atoms with E-state index in [4.69, 9.17) is 0 Å². The number of halogens is 1. The van der Waals surface area contributed by atoms with Gasteiger partial charge in [0.2, 0.25) is 6.41 Å². The van der Waals surface area contributed by atoms with E-state index in [1.807, 2.05) is 4.90 Å². The molecule has 0 radical (unpaired) electrons. The van der Waals surface area contributed by atoms with Crippen LogP contribution in [0.2, 0.25) is 0 Å². The van der Waals surface area contributed by atoms with E-state index in [9.17, 15) is 17.6 Å². The number of anilines is 2. The van der Waals surface area contributed by atoms with E-state index in [2.05, 4.69) is 14.9 Å². The van der Waals surface area contributed by atoms with Gasteiger partial charge in [-0.15, -0.1) is 10.2 Å². The van der Waals surface area contributed by atoms with Crippen molar-refractivity contribution in [2.75, 3.05) is 35.8 Å². The number of piperazine rings is 1. The minimum Gasteiger partial charge on any atom is -0.352 e. The van der Waals surface area contributed by atoms with Crippen molar-refractivity contribution in [3.8, 4) is 0 Å². The number of carbonyl (C=O) groups excluding carboxylic acids is 1. The predicted octanol–water partition coefficient (Wildman–Crippen LogP) is 1.00. The molecule has 8 nitrogen and oxygen atoms in total. The van der Waals surface area contributed by atoms with Crippen molar-refractivity contribution in [2.45, 2.75) is 11.8 Å². The van der Waals surface area contributed by atoms with Gasteiger partial charge in [0.1, 0.15) is 5.82 Å². The summed E-state index contributed by atoms with van der Waals surface area (Å²) in [7, 11) is -3.88. The summed E-state index contributed by atoms with van der Waals surface area (Å²) < 4.78 is 40.4. The minimum atomic E-state index is -3.88. The molecule has 1 aliphatic heterocycles. The molecule has 1 aromatic carbocycles. The molecule has 1 aromatic heterocycles. The Morgan fingerprint density at radius 1 is 1.12 bits per heavy atom. The molecule has 0 unspecified atom stereocenters. The van der Waals surface area contributed by atoms with Crippen molar-refractivity contribution in [2.24, 2.45) is 0 Å². The summed E-state index contributed by atoms with van der Waals surface area (Å²) in [5, 5.41) is 7.95. The first kappa shape index (κ1) is 18.1. The molecular weight excluding hydrogens is 361 g/mol. The predicted molar refractivity (Wildman–Crippen MR) is 93.8 cm³/mol. The largest absolute Gasteiger partial charge is 0.352 e. The molecular formula is C16H18FN5O3S. The maximum absolute atomic E-state index is 13.3. The Morgan fingerprint density at radius 2 is 1.85 bits per heavy atom. The summed E-state index contributed by atoms with van der Waals surface area (Å²) in [6, 6.07) is 6.74. The second-order valence-corrected chi connectivity index (χ2v) is 7.60.